The Bertz CT molecular complexity index is 980. The van der Waals surface area contributed by atoms with E-state index in [9.17, 15) is 19.5 Å². The minimum absolute atomic E-state index is 0.0645. The van der Waals surface area contributed by atoms with Crippen LogP contribution in [0.15, 0.2) is 54.3 Å². The van der Waals surface area contributed by atoms with Gasteiger partial charge in [0.1, 0.15) is 22.7 Å². The van der Waals surface area contributed by atoms with Crippen molar-refractivity contribution in [1.29, 1.82) is 0 Å². The fourth-order valence-electron chi connectivity index (χ4n) is 3.73. The van der Waals surface area contributed by atoms with Crippen LogP contribution in [0.4, 0.5) is 0 Å². The Hall–Kier alpha value is -2.58. The second-order valence-electron chi connectivity index (χ2n) is 9.92. The summed E-state index contributed by atoms with van der Waals surface area (Å²) in [5.74, 6) is -0.993. The van der Waals surface area contributed by atoms with Gasteiger partial charge in [0.25, 0.3) is 5.91 Å². The summed E-state index contributed by atoms with van der Waals surface area (Å²) < 4.78 is 5.58. The molecule has 2 amide bonds. The molecule has 8 heteroatoms. The first-order valence-electron chi connectivity index (χ1n) is 10.9. The zero-order chi connectivity index (χ0) is 24.6. The van der Waals surface area contributed by atoms with Crippen molar-refractivity contribution < 1.29 is 24.2 Å². The number of nitrogens with one attached hydrogen (secondary N) is 1. The number of fused-ring (bicyclic) bond motifs is 1. The number of benzene rings is 1. The maximum atomic E-state index is 13.1. The number of ether oxygens (including phenoxy) is 1. The number of nitrogens with zero attached hydrogens (tertiary/aromatic N) is 1. The highest BCUT2D eigenvalue weighted by Crippen LogP contribution is 2.44. The maximum Gasteiger partial charge on any atom is 0.355 e. The van der Waals surface area contributed by atoms with Crippen LogP contribution in [0.25, 0.3) is 0 Å². The van der Waals surface area contributed by atoms with Crippen molar-refractivity contribution in [3.8, 4) is 0 Å². The number of hydrogen-bond donors (Lipinski definition) is 2. The smallest absolute Gasteiger partial charge is 0.355 e. The molecule has 1 aromatic rings. The highest BCUT2D eigenvalue weighted by molar-refractivity contribution is 8.00. The molecule has 0 bridgehead atoms. The largest absolute Gasteiger partial charge is 0.455 e. The van der Waals surface area contributed by atoms with Crippen molar-refractivity contribution in [3.05, 3.63) is 59.8 Å². The molecule has 0 aromatic heterocycles. The third-order valence-corrected chi connectivity index (χ3v) is 6.98. The number of β-lactam (4-membered cyclic amide) rings is 1. The van der Waals surface area contributed by atoms with E-state index < -0.39 is 40.4 Å². The van der Waals surface area contributed by atoms with Crippen molar-refractivity contribution in [3.63, 3.8) is 0 Å². The molecule has 1 fully saturated rings. The van der Waals surface area contributed by atoms with Gasteiger partial charge in [0, 0.05) is 16.7 Å². The Labute approximate surface area is 199 Å². The SMILES string of the molecule is C=CC(C)(C)[C@H](O)C1=C(C(=O)OC(C)(C)C)N2C(=O)[C@@H](NC(=O)Cc3ccccc3)[C@H]2SC1. The molecule has 3 rings (SSSR count). The molecule has 2 heterocycles. The van der Waals surface area contributed by atoms with E-state index >= 15 is 0 Å². The number of carbonyl (C=O) groups is 3. The van der Waals surface area contributed by atoms with Crippen LogP contribution in [0.1, 0.15) is 40.2 Å². The van der Waals surface area contributed by atoms with Gasteiger partial charge >= 0.3 is 5.97 Å². The predicted octanol–water partition coefficient (Wildman–Crippen LogP) is 2.80. The highest BCUT2D eigenvalue weighted by atomic mass is 32.2. The Morgan fingerprint density at radius 1 is 1.27 bits per heavy atom. The molecular formula is C25H32N2O5S. The Morgan fingerprint density at radius 3 is 2.48 bits per heavy atom. The summed E-state index contributed by atoms with van der Waals surface area (Å²) in [6, 6.07) is 8.54. The molecular weight excluding hydrogens is 440 g/mol. The molecule has 1 saturated heterocycles. The zero-order valence-electron chi connectivity index (χ0n) is 19.8. The van der Waals surface area contributed by atoms with Crippen LogP contribution in [0.3, 0.4) is 0 Å². The molecule has 178 valence electrons. The maximum absolute atomic E-state index is 13.1. The topological polar surface area (TPSA) is 95.9 Å². The van der Waals surface area contributed by atoms with Gasteiger partial charge < -0.3 is 15.2 Å². The van der Waals surface area contributed by atoms with Gasteiger partial charge in [0.05, 0.1) is 12.5 Å². The summed E-state index contributed by atoms with van der Waals surface area (Å²) in [4.78, 5) is 40.1. The molecule has 0 unspecified atom stereocenters. The van der Waals surface area contributed by atoms with E-state index in [0.717, 1.165) is 5.56 Å². The standard InChI is InChI=1S/C25H32N2O5S/c1-7-25(5,6)20(29)16-14-33-22-18(26-17(28)13-15-11-9-8-10-12-15)21(30)27(22)19(16)23(31)32-24(2,3)4/h7-12,18,20,22,29H,1,13-14H2,2-6H3,(H,26,28)/t18-,20-,22-/m1/s1. The van der Waals surface area contributed by atoms with Crippen LogP contribution >= 0.6 is 11.8 Å². The fraction of sp³-hybridized carbons (Fsp3) is 0.480. The minimum Gasteiger partial charge on any atom is -0.455 e. The van der Waals surface area contributed by atoms with Crippen molar-refractivity contribution in [2.75, 3.05) is 5.75 Å². The van der Waals surface area contributed by atoms with E-state index in [0.29, 0.717) is 11.3 Å². The Morgan fingerprint density at radius 2 is 1.91 bits per heavy atom. The van der Waals surface area contributed by atoms with Crippen LogP contribution in [0.5, 0.6) is 0 Å². The third kappa shape index (κ3) is 5.33. The van der Waals surface area contributed by atoms with E-state index in [2.05, 4.69) is 11.9 Å². The second kappa shape index (κ2) is 9.35. The minimum atomic E-state index is -1.02. The third-order valence-electron chi connectivity index (χ3n) is 5.67. The number of rotatable bonds is 7. The summed E-state index contributed by atoms with van der Waals surface area (Å²) in [6.45, 7) is 12.6. The van der Waals surface area contributed by atoms with Gasteiger partial charge in [0.2, 0.25) is 5.91 Å². The molecule has 0 spiro atoms. The number of amides is 2. The van der Waals surface area contributed by atoms with E-state index in [1.54, 1.807) is 26.8 Å². The number of carbonyl (C=O) groups excluding carboxylic acids is 3. The molecule has 7 nitrogen and oxygen atoms in total. The Balaban J connectivity index is 1.85. The monoisotopic (exact) mass is 472 g/mol. The average molecular weight is 473 g/mol. The van der Waals surface area contributed by atoms with Crippen LogP contribution in [-0.2, 0) is 25.5 Å². The number of aliphatic hydroxyl groups is 1. The highest BCUT2D eigenvalue weighted by Gasteiger charge is 2.55. The molecule has 0 aliphatic carbocycles. The van der Waals surface area contributed by atoms with Gasteiger partial charge in [-0.3, -0.25) is 14.5 Å². The lowest BCUT2D eigenvalue weighted by Gasteiger charge is -2.51. The van der Waals surface area contributed by atoms with Gasteiger partial charge in [-0.15, -0.1) is 18.3 Å². The lowest BCUT2D eigenvalue weighted by molar-refractivity contribution is -0.159. The van der Waals surface area contributed by atoms with Crippen molar-refractivity contribution in [1.82, 2.24) is 10.2 Å². The van der Waals surface area contributed by atoms with Crippen LogP contribution in [0, 0.1) is 5.41 Å². The molecule has 2 N–H and O–H groups in total. The van der Waals surface area contributed by atoms with Crippen LogP contribution in [-0.4, -0.2) is 56.7 Å². The number of thioether (sulfide) groups is 1. The lowest BCUT2D eigenvalue weighted by Crippen LogP contribution is -2.71. The number of hydrogen-bond acceptors (Lipinski definition) is 6. The molecule has 2 aliphatic rings. The van der Waals surface area contributed by atoms with E-state index in [4.69, 9.17) is 4.74 Å². The second-order valence-corrected chi connectivity index (χ2v) is 11.0. The van der Waals surface area contributed by atoms with Gasteiger partial charge in [-0.25, -0.2) is 4.79 Å². The molecule has 0 saturated carbocycles. The number of esters is 1. The first-order chi connectivity index (χ1) is 15.4. The normalized spacial score (nSPS) is 21.6. The zero-order valence-corrected chi connectivity index (χ0v) is 20.6. The fourth-order valence-corrected chi connectivity index (χ4v) is 5.11. The first-order valence-corrected chi connectivity index (χ1v) is 12.0. The molecule has 3 atom stereocenters. The van der Waals surface area contributed by atoms with Gasteiger partial charge in [-0.1, -0.05) is 50.3 Å². The quantitative estimate of drug-likeness (QED) is 0.360. The molecule has 0 radical (unpaired) electrons. The molecule has 2 aliphatic heterocycles. The first kappa shape index (κ1) is 25.1. The van der Waals surface area contributed by atoms with E-state index in [1.807, 2.05) is 44.2 Å². The van der Waals surface area contributed by atoms with Gasteiger partial charge in [0.15, 0.2) is 0 Å². The van der Waals surface area contributed by atoms with Gasteiger partial charge in [-0.2, -0.15) is 0 Å². The Kier molecular flexibility index (Phi) is 7.10. The van der Waals surface area contributed by atoms with E-state index in [-0.39, 0.29) is 18.0 Å². The average Bonchev–Trinajstić information content (AvgIpc) is 2.75. The number of aliphatic hydroxyl groups excluding tert-OH is 1. The van der Waals surface area contributed by atoms with Crippen LogP contribution < -0.4 is 5.32 Å². The summed E-state index contributed by atoms with van der Waals surface area (Å²) in [5.41, 5.74) is -0.146. The van der Waals surface area contributed by atoms with Crippen LogP contribution in [0.2, 0.25) is 0 Å². The summed E-state index contributed by atoms with van der Waals surface area (Å²) in [5, 5.41) is 13.4. The predicted molar refractivity (Wildman–Crippen MR) is 128 cm³/mol. The lowest BCUT2D eigenvalue weighted by atomic mass is 9.81. The van der Waals surface area contributed by atoms with Crippen molar-refractivity contribution in [2.24, 2.45) is 5.41 Å². The summed E-state index contributed by atoms with van der Waals surface area (Å²) in [6.07, 6.45) is 0.762. The van der Waals surface area contributed by atoms with Crippen molar-refractivity contribution in [2.45, 2.75) is 64.2 Å². The van der Waals surface area contributed by atoms with Gasteiger partial charge in [-0.05, 0) is 26.3 Å². The summed E-state index contributed by atoms with van der Waals surface area (Å²) in [7, 11) is 0. The summed E-state index contributed by atoms with van der Waals surface area (Å²) >= 11 is 1.41. The van der Waals surface area contributed by atoms with E-state index in [1.165, 1.54) is 16.7 Å². The van der Waals surface area contributed by atoms with Crippen molar-refractivity contribution >= 4 is 29.5 Å². The molecule has 1 aromatic carbocycles. The molecule has 33 heavy (non-hydrogen) atoms.